The lowest BCUT2D eigenvalue weighted by Crippen LogP contribution is -2.06. The Morgan fingerprint density at radius 1 is 1.25 bits per heavy atom. The van der Waals surface area contributed by atoms with Crippen LogP contribution in [0.5, 0.6) is 5.75 Å². The van der Waals surface area contributed by atoms with E-state index in [0.717, 1.165) is 17.7 Å². The molecule has 0 saturated carbocycles. The Hall–Kier alpha value is -1.53. The van der Waals surface area contributed by atoms with Gasteiger partial charge in [0.25, 0.3) is 0 Å². The molecule has 0 unspecified atom stereocenters. The first kappa shape index (κ1) is 7.14. The van der Waals surface area contributed by atoms with Gasteiger partial charge in [-0.2, -0.15) is 0 Å². The molecule has 12 heavy (non-hydrogen) atoms. The molecule has 2 nitrogen and oxygen atoms in total. The second-order valence-electron chi connectivity index (χ2n) is 2.74. The minimum absolute atomic E-state index is 0.411. The fraction of sp³-hybridized carbons (Fsp3) is 0.200. The summed E-state index contributed by atoms with van der Waals surface area (Å²) in [5.74, 6) is 2.99. The van der Waals surface area contributed by atoms with Crippen LogP contribution in [0.15, 0.2) is 30.0 Å². The van der Waals surface area contributed by atoms with Crippen molar-refractivity contribution in [3.8, 4) is 5.75 Å². The van der Waals surface area contributed by atoms with E-state index in [9.17, 15) is 4.79 Å². The Kier molecular flexibility index (Phi) is 1.69. The third-order valence-corrected chi connectivity index (χ3v) is 1.94. The molecule has 0 N–H and O–H groups in total. The van der Waals surface area contributed by atoms with Gasteiger partial charge >= 0.3 is 0 Å². The summed E-state index contributed by atoms with van der Waals surface area (Å²) in [7, 11) is 0. The fourth-order valence-corrected chi connectivity index (χ4v) is 1.31. The van der Waals surface area contributed by atoms with Gasteiger partial charge in [0.2, 0.25) is 0 Å². The van der Waals surface area contributed by atoms with E-state index in [4.69, 9.17) is 4.74 Å². The molecule has 1 heterocycles. The van der Waals surface area contributed by atoms with E-state index in [2.05, 4.69) is 0 Å². The van der Waals surface area contributed by atoms with Crippen molar-refractivity contribution >= 4 is 5.94 Å². The molecule has 0 radical (unpaired) electrons. The van der Waals surface area contributed by atoms with Gasteiger partial charge in [-0.1, -0.05) is 18.2 Å². The van der Waals surface area contributed by atoms with Crippen LogP contribution < -0.4 is 4.74 Å². The molecule has 0 aliphatic carbocycles. The summed E-state index contributed by atoms with van der Waals surface area (Å²) in [6, 6.07) is 7.74. The Bertz CT molecular complexity index is 349. The van der Waals surface area contributed by atoms with Crippen molar-refractivity contribution in [2.24, 2.45) is 0 Å². The lowest BCUT2D eigenvalue weighted by Gasteiger charge is -2.16. The van der Waals surface area contributed by atoms with Crippen LogP contribution in [0.4, 0.5) is 0 Å². The van der Waals surface area contributed by atoms with Gasteiger partial charge in [-0.3, -0.25) is 0 Å². The first-order valence-corrected chi connectivity index (χ1v) is 3.90. The van der Waals surface area contributed by atoms with Gasteiger partial charge in [0.15, 0.2) is 11.7 Å². The van der Waals surface area contributed by atoms with Gasteiger partial charge in [-0.15, -0.1) is 0 Å². The molecule has 1 aromatic carbocycles. The Morgan fingerprint density at radius 2 is 2.08 bits per heavy atom. The Labute approximate surface area is 70.5 Å². The van der Waals surface area contributed by atoms with Crippen LogP contribution in [-0.4, -0.2) is 5.94 Å². The third kappa shape index (κ3) is 1.13. The zero-order valence-corrected chi connectivity index (χ0v) is 6.54. The second kappa shape index (κ2) is 2.84. The number of rotatable bonds is 0. The van der Waals surface area contributed by atoms with E-state index in [1.807, 2.05) is 24.3 Å². The van der Waals surface area contributed by atoms with E-state index >= 15 is 0 Å². The summed E-state index contributed by atoms with van der Waals surface area (Å²) in [4.78, 5) is 10.3. The van der Waals surface area contributed by atoms with E-state index in [1.54, 1.807) is 5.94 Å². The third-order valence-electron chi connectivity index (χ3n) is 1.94. The first-order valence-electron chi connectivity index (χ1n) is 3.90. The van der Waals surface area contributed by atoms with Gasteiger partial charge in [0.05, 0.1) is 0 Å². The van der Waals surface area contributed by atoms with Crippen LogP contribution in [0.3, 0.4) is 0 Å². The first-order chi connectivity index (χ1) is 5.90. The van der Waals surface area contributed by atoms with E-state index in [-0.39, 0.29) is 0 Å². The van der Waals surface area contributed by atoms with Gasteiger partial charge in [-0.05, 0) is 18.1 Å². The average molecular weight is 160 g/mol. The molecule has 0 aromatic heterocycles. The molecule has 2 rings (SSSR count). The highest BCUT2D eigenvalue weighted by atomic mass is 16.5. The topological polar surface area (TPSA) is 26.3 Å². The summed E-state index contributed by atoms with van der Waals surface area (Å²) in [5.41, 5.74) is 1.16. The summed E-state index contributed by atoms with van der Waals surface area (Å²) >= 11 is 0. The molecule has 0 spiro atoms. The van der Waals surface area contributed by atoms with Crippen molar-refractivity contribution < 1.29 is 9.53 Å². The number of allylic oxidation sites excluding steroid dienone is 1. The zero-order valence-electron chi connectivity index (χ0n) is 6.54. The van der Waals surface area contributed by atoms with Crippen LogP contribution in [-0.2, 0) is 11.2 Å². The molecule has 1 aliphatic heterocycles. The Balaban J connectivity index is 2.41. The smallest absolute Gasteiger partial charge is 0.187 e. The minimum atomic E-state index is 0.411. The molecule has 1 aromatic rings. The van der Waals surface area contributed by atoms with Crippen molar-refractivity contribution in [1.29, 1.82) is 0 Å². The Morgan fingerprint density at radius 3 is 2.92 bits per heavy atom. The van der Waals surface area contributed by atoms with Crippen LogP contribution >= 0.6 is 0 Å². The summed E-state index contributed by atoms with van der Waals surface area (Å²) in [6.07, 6.45) is 1.54. The predicted octanol–water partition coefficient (Wildman–Crippen LogP) is 1.73. The van der Waals surface area contributed by atoms with E-state index in [1.165, 1.54) is 0 Å². The second-order valence-corrected chi connectivity index (χ2v) is 2.74. The standard InChI is InChI=1S/C10H8O2/c11-7-9-6-5-8-3-1-2-4-10(8)12-9/h1-4H,5-6H2. The lowest BCUT2D eigenvalue weighted by atomic mass is 10.1. The monoisotopic (exact) mass is 160 g/mol. The van der Waals surface area contributed by atoms with Crippen molar-refractivity contribution in [3.63, 3.8) is 0 Å². The summed E-state index contributed by atoms with van der Waals surface area (Å²) in [5, 5.41) is 0. The number of hydrogen-bond acceptors (Lipinski definition) is 2. The molecule has 1 aliphatic rings. The van der Waals surface area contributed by atoms with Gasteiger partial charge in [-0.25, -0.2) is 4.79 Å². The lowest BCUT2D eigenvalue weighted by molar-refractivity contribution is 0.380. The zero-order chi connectivity index (χ0) is 8.39. The normalized spacial score (nSPS) is 14.5. The highest BCUT2D eigenvalue weighted by Crippen LogP contribution is 2.27. The number of aryl methyl sites for hydroxylation is 1. The largest absolute Gasteiger partial charge is 0.450 e. The van der Waals surface area contributed by atoms with E-state index < -0.39 is 0 Å². The summed E-state index contributed by atoms with van der Waals surface area (Å²) in [6.45, 7) is 0. The highest BCUT2D eigenvalue weighted by molar-refractivity contribution is 5.53. The van der Waals surface area contributed by atoms with Crippen molar-refractivity contribution in [3.05, 3.63) is 35.6 Å². The maximum atomic E-state index is 10.3. The molecule has 0 saturated heterocycles. The molecule has 60 valence electrons. The van der Waals surface area contributed by atoms with Crippen molar-refractivity contribution in [1.82, 2.24) is 0 Å². The predicted molar refractivity (Wildman–Crippen MR) is 44.6 cm³/mol. The highest BCUT2D eigenvalue weighted by Gasteiger charge is 2.13. The van der Waals surface area contributed by atoms with Crippen LogP contribution in [0, 0.1) is 0 Å². The maximum Gasteiger partial charge on any atom is 0.187 e. The molecule has 0 fully saturated rings. The van der Waals surface area contributed by atoms with Crippen LogP contribution in [0.2, 0.25) is 0 Å². The number of para-hydroxylation sites is 1. The van der Waals surface area contributed by atoms with E-state index in [0.29, 0.717) is 12.2 Å². The quantitative estimate of drug-likeness (QED) is 0.540. The molecular formula is C10H8O2. The van der Waals surface area contributed by atoms with Crippen LogP contribution in [0.1, 0.15) is 12.0 Å². The molecule has 0 bridgehead atoms. The van der Waals surface area contributed by atoms with Crippen molar-refractivity contribution in [2.45, 2.75) is 12.8 Å². The number of hydrogen-bond donors (Lipinski definition) is 0. The number of fused-ring (bicyclic) bond motifs is 1. The SMILES string of the molecule is O=C=C1CCc2ccccc2O1. The molecular weight excluding hydrogens is 152 g/mol. The molecule has 0 amide bonds. The maximum absolute atomic E-state index is 10.3. The fourth-order valence-electron chi connectivity index (χ4n) is 1.31. The van der Waals surface area contributed by atoms with Gasteiger partial charge in [0.1, 0.15) is 5.75 Å². The van der Waals surface area contributed by atoms with Gasteiger partial charge in [0, 0.05) is 6.42 Å². The number of ether oxygens (including phenoxy) is 1. The number of carbonyl (C=O) groups excluding carboxylic acids is 1. The molecule has 2 heteroatoms. The number of benzene rings is 1. The summed E-state index contributed by atoms with van der Waals surface area (Å²) < 4.78 is 5.27. The minimum Gasteiger partial charge on any atom is -0.450 e. The average Bonchev–Trinajstić information content (AvgIpc) is 2.17. The molecule has 0 atom stereocenters. The van der Waals surface area contributed by atoms with Gasteiger partial charge < -0.3 is 4.74 Å². The van der Waals surface area contributed by atoms with Crippen molar-refractivity contribution in [2.75, 3.05) is 0 Å². The van der Waals surface area contributed by atoms with Crippen LogP contribution in [0.25, 0.3) is 0 Å².